The molecule has 32 heavy (non-hydrogen) atoms. The van der Waals surface area contributed by atoms with Crippen LogP contribution in [0.3, 0.4) is 0 Å². The van der Waals surface area contributed by atoms with Crippen LogP contribution in [0.1, 0.15) is 27.6 Å². The number of nitrogens with zero attached hydrogens (tertiary/aromatic N) is 4. The first-order valence-electron chi connectivity index (χ1n) is 10.2. The van der Waals surface area contributed by atoms with Crippen LogP contribution >= 0.6 is 11.8 Å². The number of nitrogens with one attached hydrogen (secondary N) is 1. The van der Waals surface area contributed by atoms with E-state index in [1.807, 2.05) is 55.5 Å². The van der Waals surface area contributed by atoms with Gasteiger partial charge in [-0.15, -0.1) is 11.8 Å². The van der Waals surface area contributed by atoms with Gasteiger partial charge in [0.15, 0.2) is 0 Å². The van der Waals surface area contributed by atoms with Crippen molar-refractivity contribution < 1.29 is 9.53 Å². The lowest BCUT2D eigenvalue weighted by Gasteiger charge is -2.16. The van der Waals surface area contributed by atoms with Crippen LogP contribution in [0, 0.1) is 6.92 Å². The Morgan fingerprint density at radius 2 is 1.91 bits per heavy atom. The molecule has 1 atom stereocenters. The molecule has 5 rings (SSSR count). The zero-order chi connectivity index (χ0) is 21.9. The maximum absolute atomic E-state index is 12.5. The Bertz CT molecular complexity index is 1240. The summed E-state index contributed by atoms with van der Waals surface area (Å²) >= 11 is 1.57. The molecule has 2 aromatic heterocycles. The Labute approximate surface area is 189 Å². The van der Waals surface area contributed by atoms with Gasteiger partial charge >= 0.3 is 0 Å². The predicted molar refractivity (Wildman–Crippen MR) is 124 cm³/mol. The Morgan fingerprint density at radius 1 is 1.09 bits per heavy atom. The first-order chi connectivity index (χ1) is 15.7. The molecule has 0 saturated carbocycles. The van der Waals surface area contributed by atoms with E-state index in [0.717, 1.165) is 28.1 Å². The molecule has 0 bridgehead atoms. The van der Waals surface area contributed by atoms with E-state index in [4.69, 9.17) is 4.74 Å². The maximum Gasteiger partial charge on any atom is 0.252 e. The molecular formula is C24H21N5O2S. The average molecular weight is 444 g/mol. The van der Waals surface area contributed by atoms with E-state index >= 15 is 0 Å². The molecule has 8 heteroatoms. The minimum absolute atomic E-state index is 0.0766. The quantitative estimate of drug-likeness (QED) is 0.495. The molecule has 1 aliphatic rings. The summed E-state index contributed by atoms with van der Waals surface area (Å²) in [4.78, 5) is 21.1. The van der Waals surface area contributed by atoms with E-state index < -0.39 is 0 Å². The van der Waals surface area contributed by atoms with E-state index in [9.17, 15) is 4.79 Å². The summed E-state index contributed by atoms with van der Waals surface area (Å²) in [6.45, 7) is 2.44. The highest BCUT2D eigenvalue weighted by atomic mass is 32.2. The second-order valence-electron chi connectivity index (χ2n) is 7.39. The van der Waals surface area contributed by atoms with Crippen molar-refractivity contribution in [1.82, 2.24) is 19.7 Å². The third-order valence-corrected chi connectivity index (χ3v) is 6.43. The molecule has 0 unspecified atom stereocenters. The molecule has 0 saturated heterocycles. The molecule has 3 heterocycles. The number of amides is 1. The number of rotatable bonds is 5. The van der Waals surface area contributed by atoms with Crippen LogP contribution in [0.25, 0.3) is 5.95 Å². The van der Waals surface area contributed by atoms with Crippen molar-refractivity contribution in [2.75, 3.05) is 11.1 Å². The molecule has 1 aliphatic heterocycles. The van der Waals surface area contributed by atoms with Gasteiger partial charge in [0.25, 0.3) is 5.95 Å². The second-order valence-corrected chi connectivity index (χ2v) is 8.49. The number of benzene rings is 2. The summed E-state index contributed by atoms with van der Waals surface area (Å²) < 4.78 is 7.64. The molecule has 0 spiro atoms. The molecule has 1 amide bonds. The standard InChI is InChI=1S/C24H21N5O2S/c1-16-21-22(18-9-5-10-19(13-18)31-14-17-7-3-2-4-8-17)32-15-20(30)27-23(21)29(28-16)24-25-11-6-12-26-24/h2-13,22H,14-15H2,1H3,(H,27,30)/t22-/m1/s1. The van der Waals surface area contributed by atoms with Gasteiger partial charge in [-0.1, -0.05) is 42.5 Å². The van der Waals surface area contributed by atoms with Crippen molar-refractivity contribution in [1.29, 1.82) is 0 Å². The normalized spacial score (nSPS) is 15.5. The molecule has 160 valence electrons. The number of hydrogen-bond donors (Lipinski definition) is 1. The third kappa shape index (κ3) is 4.09. The molecular weight excluding hydrogens is 422 g/mol. The van der Waals surface area contributed by atoms with Gasteiger partial charge in [-0.2, -0.15) is 9.78 Å². The van der Waals surface area contributed by atoms with Gasteiger partial charge in [-0.25, -0.2) is 9.97 Å². The molecule has 7 nitrogen and oxygen atoms in total. The van der Waals surface area contributed by atoms with Crippen molar-refractivity contribution in [2.45, 2.75) is 18.8 Å². The fourth-order valence-electron chi connectivity index (χ4n) is 3.70. The predicted octanol–water partition coefficient (Wildman–Crippen LogP) is 4.32. The Kier molecular flexibility index (Phi) is 5.60. The molecule has 1 N–H and O–H groups in total. The van der Waals surface area contributed by atoms with Crippen LogP contribution in [-0.2, 0) is 11.4 Å². The van der Waals surface area contributed by atoms with Gasteiger partial charge < -0.3 is 10.1 Å². The van der Waals surface area contributed by atoms with E-state index in [2.05, 4.69) is 26.4 Å². The maximum atomic E-state index is 12.5. The smallest absolute Gasteiger partial charge is 0.252 e. The molecule has 2 aromatic carbocycles. The highest BCUT2D eigenvalue weighted by molar-refractivity contribution is 8.00. The van der Waals surface area contributed by atoms with Gasteiger partial charge in [0, 0.05) is 18.0 Å². The lowest BCUT2D eigenvalue weighted by Crippen LogP contribution is -2.16. The summed E-state index contributed by atoms with van der Waals surface area (Å²) in [6, 6.07) is 19.8. The van der Waals surface area contributed by atoms with E-state index in [1.54, 1.807) is 34.9 Å². The van der Waals surface area contributed by atoms with Gasteiger partial charge in [-0.05, 0) is 36.2 Å². The summed E-state index contributed by atoms with van der Waals surface area (Å²) in [7, 11) is 0. The van der Waals surface area contributed by atoms with Gasteiger partial charge in [-0.3, -0.25) is 4.79 Å². The van der Waals surface area contributed by atoms with Gasteiger partial charge in [0.1, 0.15) is 18.2 Å². The number of carbonyl (C=O) groups is 1. The van der Waals surface area contributed by atoms with Crippen LogP contribution in [0.5, 0.6) is 5.75 Å². The Hall–Kier alpha value is -3.65. The number of anilines is 1. The highest BCUT2D eigenvalue weighted by Gasteiger charge is 2.31. The third-order valence-electron chi connectivity index (χ3n) is 5.16. The Balaban J connectivity index is 1.50. The van der Waals surface area contributed by atoms with E-state index in [-0.39, 0.29) is 11.2 Å². The summed E-state index contributed by atoms with van der Waals surface area (Å²) in [5, 5.41) is 7.56. The molecule has 0 radical (unpaired) electrons. The fourth-order valence-corrected chi connectivity index (χ4v) is 4.88. The number of aromatic nitrogens is 4. The van der Waals surface area contributed by atoms with Crippen LogP contribution in [0.4, 0.5) is 5.82 Å². The summed E-state index contributed by atoms with van der Waals surface area (Å²) in [6.07, 6.45) is 3.31. The van der Waals surface area contributed by atoms with E-state index in [1.165, 1.54) is 0 Å². The minimum Gasteiger partial charge on any atom is -0.489 e. The van der Waals surface area contributed by atoms with E-state index in [0.29, 0.717) is 24.1 Å². The largest absolute Gasteiger partial charge is 0.489 e. The number of thioether (sulfide) groups is 1. The molecule has 0 aliphatic carbocycles. The van der Waals surface area contributed by atoms with Crippen molar-refractivity contribution >= 4 is 23.5 Å². The number of aryl methyl sites for hydroxylation is 1. The van der Waals surface area contributed by atoms with Gasteiger partial charge in [0.05, 0.1) is 16.7 Å². The number of fused-ring (bicyclic) bond motifs is 1. The van der Waals surface area contributed by atoms with Crippen molar-refractivity contribution in [3.8, 4) is 11.7 Å². The highest BCUT2D eigenvalue weighted by Crippen LogP contribution is 2.44. The zero-order valence-electron chi connectivity index (χ0n) is 17.4. The number of hydrogen-bond acceptors (Lipinski definition) is 6. The monoisotopic (exact) mass is 443 g/mol. The fraction of sp³-hybridized carbons (Fsp3) is 0.167. The minimum atomic E-state index is -0.0818. The van der Waals surface area contributed by atoms with Crippen molar-refractivity contribution in [3.05, 3.63) is 95.4 Å². The Morgan fingerprint density at radius 3 is 2.72 bits per heavy atom. The van der Waals surface area contributed by atoms with Crippen LogP contribution in [0.2, 0.25) is 0 Å². The first kappa shape index (κ1) is 20.3. The summed E-state index contributed by atoms with van der Waals surface area (Å²) in [5.41, 5.74) is 3.94. The van der Waals surface area contributed by atoms with Crippen LogP contribution in [0.15, 0.2) is 73.1 Å². The van der Waals surface area contributed by atoms with Crippen LogP contribution < -0.4 is 10.1 Å². The van der Waals surface area contributed by atoms with Crippen LogP contribution in [-0.4, -0.2) is 31.4 Å². The molecule has 4 aromatic rings. The summed E-state index contributed by atoms with van der Waals surface area (Å²) in [5.74, 6) is 2.08. The lowest BCUT2D eigenvalue weighted by molar-refractivity contribution is -0.113. The number of ether oxygens (including phenoxy) is 1. The number of carbonyl (C=O) groups excluding carboxylic acids is 1. The van der Waals surface area contributed by atoms with Gasteiger partial charge in [0.2, 0.25) is 5.91 Å². The zero-order valence-corrected chi connectivity index (χ0v) is 18.2. The van der Waals surface area contributed by atoms with Crippen molar-refractivity contribution in [3.63, 3.8) is 0 Å². The average Bonchev–Trinajstić information content (AvgIpc) is 3.04. The molecule has 0 fully saturated rings. The first-order valence-corrected chi connectivity index (χ1v) is 11.3. The second kappa shape index (κ2) is 8.84. The topological polar surface area (TPSA) is 81.9 Å². The van der Waals surface area contributed by atoms with Crippen molar-refractivity contribution in [2.24, 2.45) is 0 Å². The SMILES string of the molecule is Cc1nn(-c2ncccn2)c2c1[C@@H](c1cccc(OCc3ccccc3)c1)SCC(=O)N2. The lowest BCUT2D eigenvalue weighted by atomic mass is 10.0.